The maximum Gasteiger partial charge on any atom is 0.264 e. The lowest BCUT2D eigenvalue weighted by molar-refractivity contribution is -0.151. The van der Waals surface area contributed by atoms with Gasteiger partial charge in [-0.3, -0.25) is 29.0 Å². The Labute approximate surface area is 344 Å². The van der Waals surface area contributed by atoms with Crippen molar-refractivity contribution in [3.8, 4) is 0 Å². The van der Waals surface area contributed by atoms with E-state index in [4.69, 9.17) is 4.74 Å². The molecule has 8 rings (SSSR count). The van der Waals surface area contributed by atoms with Gasteiger partial charge in [0, 0.05) is 46.3 Å². The van der Waals surface area contributed by atoms with Crippen LogP contribution < -0.4 is 14.7 Å². The Kier molecular flexibility index (Phi) is 10.8. The minimum Gasteiger partial charge on any atom is -0.394 e. The van der Waals surface area contributed by atoms with E-state index in [1.807, 2.05) is 116 Å². The van der Waals surface area contributed by atoms with Crippen molar-refractivity contribution >= 4 is 61.5 Å². The van der Waals surface area contributed by atoms with Crippen LogP contribution in [0.1, 0.15) is 35.6 Å². The molecule has 12 heteroatoms. The number of para-hydroxylation sites is 2. The summed E-state index contributed by atoms with van der Waals surface area (Å²) in [5, 5.41) is 10.4. The molecule has 5 atom stereocenters. The van der Waals surface area contributed by atoms with Crippen molar-refractivity contribution < 1.29 is 33.1 Å². The topological polar surface area (TPSA) is 111 Å². The highest BCUT2D eigenvalue weighted by molar-refractivity contribution is 6.72. The van der Waals surface area contributed by atoms with Crippen LogP contribution in [0.3, 0.4) is 0 Å². The third-order valence-electron chi connectivity index (χ3n) is 12.3. The molecule has 0 radical (unpaired) electrons. The number of aliphatic hydroxyl groups excluding tert-OH is 1. The van der Waals surface area contributed by atoms with Crippen LogP contribution in [0.25, 0.3) is 0 Å². The Morgan fingerprint density at radius 2 is 1.42 bits per heavy atom. The molecule has 3 aliphatic heterocycles. The van der Waals surface area contributed by atoms with Crippen molar-refractivity contribution in [1.82, 2.24) is 4.90 Å². The summed E-state index contributed by atoms with van der Waals surface area (Å²) in [6.45, 7) is 5.21. The number of nitrogens with zero attached hydrogens (tertiary/aromatic N) is 4. The van der Waals surface area contributed by atoms with Gasteiger partial charge in [0.05, 0.1) is 37.4 Å². The Morgan fingerprint density at radius 3 is 2.03 bits per heavy atom. The zero-order valence-corrected chi connectivity index (χ0v) is 34.3. The van der Waals surface area contributed by atoms with E-state index in [1.165, 1.54) is 9.80 Å². The fraction of sp³-hybridized carbons (Fsp3) is 0.277. The first kappa shape index (κ1) is 39.9. The van der Waals surface area contributed by atoms with Crippen LogP contribution in [-0.4, -0.2) is 61.8 Å². The van der Waals surface area contributed by atoms with Gasteiger partial charge in [0.1, 0.15) is 0 Å². The molecule has 4 amide bonds. The summed E-state index contributed by atoms with van der Waals surface area (Å²) in [4.78, 5) is 61.1. The highest BCUT2D eigenvalue weighted by Gasteiger charge is 2.67. The van der Waals surface area contributed by atoms with E-state index in [9.17, 15) is 19.5 Å². The molecular formula is C47H47FN4O6Si. The Balaban J connectivity index is 1.19. The molecule has 302 valence electrons. The molecule has 0 unspecified atom stereocenters. The number of fused-ring (bicyclic) bond motifs is 3. The third-order valence-corrected chi connectivity index (χ3v) is 14.8. The second kappa shape index (κ2) is 16.0. The predicted octanol–water partition coefficient (Wildman–Crippen LogP) is 7.93. The standard InChI is InChI=1S/C47H47FN4O6Si/c1-32-45(59(2,3)48)43(26-44(56)49-28-35-15-11-10-14-34(35)24-40(49)29-53)58-47(32)41-25-39(52(31-55)37-18-8-5-9-19-37)21-22-42(41)50(46(47)57)27-33-13-12-20-38(23-33)51(30-54)36-16-6-4-7-17-36/h4-23,25,30-32,40,43,45,53H,24,26-29H2,1-3H3/t32-,40+,43+,45-,47+/m1/s1. The van der Waals surface area contributed by atoms with Gasteiger partial charge in [0.2, 0.25) is 27.1 Å². The summed E-state index contributed by atoms with van der Waals surface area (Å²) in [6.07, 6.45) is 0.826. The van der Waals surface area contributed by atoms with Gasteiger partial charge in [0.15, 0.2) is 5.60 Å². The fourth-order valence-electron chi connectivity index (χ4n) is 9.58. The molecule has 1 spiro atoms. The number of amides is 4. The van der Waals surface area contributed by atoms with Gasteiger partial charge in [0.25, 0.3) is 5.91 Å². The van der Waals surface area contributed by atoms with E-state index in [2.05, 4.69) is 0 Å². The molecule has 10 nitrogen and oxygen atoms in total. The lowest BCUT2D eigenvalue weighted by atomic mass is 9.82. The SMILES string of the molecule is C[C@@H]1[C@@H]([Si](C)(C)F)[C@H](CC(=O)N2Cc3ccccc3C[C@H]2CO)O[C@@]12C(=O)N(Cc1cccc(N(C=O)c3ccccc3)c1)c1ccc(N(C=O)c3ccccc3)cc12. The number of carbonyl (C=O) groups excluding carboxylic acids is 4. The van der Waals surface area contributed by atoms with Crippen LogP contribution in [0.2, 0.25) is 18.6 Å². The van der Waals surface area contributed by atoms with E-state index in [0.717, 1.165) is 23.1 Å². The lowest BCUT2D eigenvalue weighted by Crippen LogP contribution is -2.48. The first-order valence-electron chi connectivity index (χ1n) is 20.0. The summed E-state index contributed by atoms with van der Waals surface area (Å²) < 4.78 is 23.9. The molecule has 1 N–H and O–H groups in total. The molecule has 0 saturated carbocycles. The number of carbonyl (C=O) groups is 4. The first-order chi connectivity index (χ1) is 28.5. The molecule has 5 aromatic rings. The predicted molar refractivity (Wildman–Crippen MR) is 228 cm³/mol. The van der Waals surface area contributed by atoms with Gasteiger partial charge < -0.3 is 23.8 Å². The van der Waals surface area contributed by atoms with Crippen LogP contribution in [0.4, 0.5) is 32.5 Å². The number of rotatable bonds is 12. The van der Waals surface area contributed by atoms with Crippen molar-refractivity contribution in [3.63, 3.8) is 0 Å². The van der Waals surface area contributed by atoms with Crippen LogP contribution in [0.15, 0.2) is 127 Å². The van der Waals surface area contributed by atoms with Gasteiger partial charge in [-0.25, -0.2) is 0 Å². The third kappa shape index (κ3) is 7.15. The van der Waals surface area contributed by atoms with Crippen LogP contribution >= 0.6 is 0 Å². The number of ether oxygens (including phenoxy) is 1. The largest absolute Gasteiger partial charge is 0.394 e. The molecular weight excluding hydrogens is 764 g/mol. The summed E-state index contributed by atoms with van der Waals surface area (Å²) in [7, 11) is -3.66. The maximum atomic E-state index is 16.9. The molecule has 5 aromatic carbocycles. The Morgan fingerprint density at radius 1 is 0.831 bits per heavy atom. The summed E-state index contributed by atoms with van der Waals surface area (Å²) >= 11 is 0. The minimum atomic E-state index is -3.66. The van der Waals surface area contributed by atoms with Crippen molar-refractivity contribution in [3.05, 3.63) is 150 Å². The van der Waals surface area contributed by atoms with E-state index in [-0.39, 0.29) is 25.5 Å². The van der Waals surface area contributed by atoms with E-state index < -0.39 is 43.5 Å². The van der Waals surface area contributed by atoms with Crippen LogP contribution in [-0.2, 0) is 49.0 Å². The summed E-state index contributed by atoms with van der Waals surface area (Å²) in [5.74, 6) is -1.38. The zero-order valence-electron chi connectivity index (χ0n) is 33.3. The van der Waals surface area contributed by atoms with Crippen molar-refractivity contribution in [2.45, 2.75) is 69.2 Å². The van der Waals surface area contributed by atoms with E-state index >= 15 is 8.90 Å². The van der Waals surface area contributed by atoms with Crippen molar-refractivity contribution in [2.75, 3.05) is 21.3 Å². The number of benzene rings is 5. The van der Waals surface area contributed by atoms with E-state index in [1.54, 1.807) is 41.1 Å². The quantitative estimate of drug-likeness (QED) is 0.0779. The summed E-state index contributed by atoms with van der Waals surface area (Å²) in [6, 6.07) is 38.5. The second-order valence-corrected chi connectivity index (χ2v) is 20.0. The van der Waals surface area contributed by atoms with Crippen LogP contribution in [0, 0.1) is 5.92 Å². The fourth-order valence-corrected chi connectivity index (χ4v) is 12.1. The average molecular weight is 811 g/mol. The monoisotopic (exact) mass is 810 g/mol. The Hall–Kier alpha value is -5.95. The molecule has 59 heavy (non-hydrogen) atoms. The molecule has 3 aliphatic rings. The highest BCUT2D eigenvalue weighted by atomic mass is 28.4. The maximum absolute atomic E-state index is 16.9. The minimum absolute atomic E-state index is 0.102. The van der Waals surface area contributed by atoms with Gasteiger partial charge in [-0.2, -0.15) is 0 Å². The number of anilines is 5. The molecule has 0 aromatic heterocycles. The smallest absolute Gasteiger partial charge is 0.264 e. The molecule has 0 bridgehead atoms. The second-order valence-electron chi connectivity index (χ2n) is 16.2. The van der Waals surface area contributed by atoms with Crippen molar-refractivity contribution in [1.29, 1.82) is 0 Å². The lowest BCUT2D eigenvalue weighted by Gasteiger charge is -2.37. The van der Waals surface area contributed by atoms with Crippen LogP contribution in [0.5, 0.6) is 0 Å². The summed E-state index contributed by atoms with van der Waals surface area (Å²) in [5.41, 5.74) is 3.79. The molecule has 0 aliphatic carbocycles. The van der Waals surface area contributed by atoms with Gasteiger partial charge in [-0.1, -0.05) is 79.7 Å². The first-order valence-corrected chi connectivity index (χ1v) is 22.9. The highest BCUT2D eigenvalue weighted by Crippen LogP contribution is 2.61. The van der Waals surface area contributed by atoms with Gasteiger partial charge in [-0.05, 0) is 90.8 Å². The van der Waals surface area contributed by atoms with E-state index in [0.29, 0.717) is 53.4 Å². The number of halogens is 1. The Bertz CT molecular complexity index is 2380. The zero-order chi connectivity index (χ0) is 41.5. The normalized spacial score (nSPS) is 22.2. The molecule has 1 fully saturated rings. The van der Waals surface area contributed by atoms with Gasteiger partial charge >= 0.3 is 0 Å². The number of aliphatic hydroxyl groups is 1. The average Bonchev–Trinajstić information content (AvgIpc) is 3.67. The van der Waals surface area contributed by atoms with Crippen molar-refractivity contribution in [2.24, 2.45) is 5.92 Å². The number of hydrogen-bond donors (Lipinski definition) is 1. The molecule has 3 heterocycles. The molecule has 1 saturated heterocycles. The van der Waals surface area contributed by atoms with Gasteiger partial charge in [-0.15, -0.1) is 0 Å². The number of hydrogen-bond acceptors (Lipinski definition) is 6.